The quantitative estimate of drug-likeness (QED) is 0.362. The molecule has 1 aliphatic rings. The number of benzene rings is 2. The minimum atomic E-state index is -0.138. The highest BCUT2D eigenvalue weighted by Gasteiger charge is 2.11. The van der Waals surface area contributed by atoms with Crippen molar-refractivity contribution in [3.05, 3.63) is 65.4 Å². The molecule has 1 amide bonds. The summed E-state index contributed by atoms with van der Waals surface area (Å²) in [5.41, 5.74) is 7.81. The molecule has 0 spiro atoms. The van der Waals surface area contributed by atoms with E-state index >= 15 is 0 Å². The molecule has 2 aromatic carbocycles. The maximum absolute atomic E-state index is 12.3. The summed E-state index contributed by atoms with van der Waals surface area (Å²) in [7, 11) is 0. The number of amides is 1. The predicted octanol–water partition coefficient (Wildman–Crippen LogP) is 3.93. The van der Waals surface area contributed by atoms with Crippen molar-refractivity contribution in [3.8, 4) is 0 Å². The Morgan fingerprint density at radius 2 is 1.97 bits per heavy atom. The number of carbonyl (C=O) groups is 1. The number of thioether (sulfide) groups is 1. The highest BCUT2D eigenvalue weighted by molar-refractivity contribution is 8.00. The number of aryl methyl sites for hydroxylation is 2. The molecule has 160 valence electrons. The molecule has 1 aromatic heterocycles. The van der Waals surface area contributed by atoms with Gasteiger partial charge < -0.3 is 9.64 Å². The van der Waals surface area contributed by atoms with Crippen LogP contribution in [0.3, 0.4) is 0 Å². The van der Waals surface area contributed by atoms with E-state index in [0.717, 1.165) is 58.9 Å². The first-order valence-electron chi connectivity index (χ1n) is 10.3. The maximum atomic E-state index is 12.3. The number of anilines is 1. The molecular weight excluding hydrogens is 408 g/mol. The van der Waals surface area contributed by atoms with E-state index in [9.17, 15) is 4.79 Å². The number of rotatable bonds is 6. The fourth-order valence-electron chi connectivity index (χ4n) is 3.55. The molecular formula is C24H26N4O2S. The summed E-state index contributed by atoms with van der Waals surface area (Å²) in [6.07, 6.45) is 1.67. The Morgan fingerprint density at radius 1 is 1.19 bits per heavy atom. The summed E-state index contributed by atoms with van der Waals surface area (Å²) in [5, 5.41) is 5.18. The zero-order chi connectivity index (χ0) is 21.6. The van der Waals surface area contributed by atoms with Gasteiger partial charge in [-0.25, -0.2) is 5.43 Å². The summed E-state index contributed by atoms with van der Waals surface area (Å²) in [5.74, 6) is 0.154. The monoisotopic (exact) mass is 434 g/mol. The average molecular weight is 435 g/mol. The molecule has 4 rings (SSSR count). The fourth-order valence-corrected chi connectivity index (χ4v) is 4.47. The number of hydrazone groups is 1. The number of nitrogens with one attached hydrogen (secondary N) is 1. The SMILES string of the molecule is Cc1cc(SCC(=O)N/N=C\c2ccc(N3CCOCC3)cc2)c2cccc(C)c2n1. The van der Waals surface area contributed by atoms with Crippen molar-refractivity contribution in [2.75, 3.05) is 37.0 Å². The topological polar surface area (TPSA) is 66.8 Å². The fraction of sp³-hybridized carbons (Fsp3) is 0.292. The van der Waals surface area contributed by atoms with Gasteiger partial charge in [0.2, 0.25) is 5.91 Å². The summed E-state index contributed by atoms with van der Waals surface area (Å²) in [4.78, 5) is 20.3. The number of para-hydroxylation sites is 1. The third kappa shape index (κ3) is 5.42. The summed E-state index contributed by atoms with van der Waals surface area (Å²) < 4.78 is 5.39. The van der Waals surface area contributed by atoms with Crippen LogP contribution in [0.2, 0.25) is 0 Å². The third-order valence-corrected chi connectivity index (χ3v) is 6.22. The lowest BCUT2D eigenvalue weighted by atomic mass is 10.1. The van der Waals surface area contributed by atoms with Gasteiger partial charge in [-0.05, 0) is 43.2 Å². The second-order valence-corrected chi connectivity index (χ2v) is 8.52. The van der Waals surface area contributed by atoms with E-state index in [0.29, 0.717) is 5.75 Å². The van der Waals surface area contributed by atoms with Crippen LogP contribution in [0.1, 0.15) is 16.8 Å². The van der Waals surface area contributed by atoms with Gasteiger partial charge in [-0.1, -0.05) is 30.3 Å². The van der Waals surface area contributed by atoms with Gasteiger partial charge in [0.15, 0.2) is 0 Å². The molecule has 6 nitrogen and oxygen atoms in total. The van der Waals surface area contributed by atoms with Crippen molar-refractivity contribution in [2.24, 2.45) is 5.10 Å². The van der Waals surface area contributed by atoms with E-state index in [1.54, 1.807) is 6.21 Å². The smallest absolute Gasteiger partial charge is 0.250 e. The minimum absolute atomic E-state index is 0.138. The van der Waals surface area contributed by atoms with Crippen molar-refractivity contribution in [2.45, 2.75) is 18.7 Å². The van der Waals surface area contributed by atoms with Crippen LogP contribution in [-0.2, 0) is 9.53 Å². The Balaban J connectivity index is 1.32. The van der Waals surface area contributed by atoms with Crippen LogP contribution in [-0.4, -0.2) is 49.2 Å². The van der Waals surface area contributed by atoms with Crippen LogP contribution >= 0.6 is 11.8 Å². The van der Waals surface area contributed by atoms with Crippen LogP contribution in [0.4, 0.5) is 5.69 Å². The first-order chi connectivity index (χ1) is 15.1. The first-order valence-corrected chi connectivity index (χ1v) is 11.3. The van der Waals surface area contributed by atoms with Crippen LogP contribution in [0.15, 0.2) is 58.5 Å². The third-order valence-electron chi connectivity index (χ3n) is 5.16. The Morgan fingerprint density at radius 3 is 2.74 bits per heavy atom. The number of carbonyl (C=O) groups excluding carboxylic acids is 1. The van der Waals surface area contributed by atoms with E-state index < -0.39 is 0 Å². The van der Waals surface area contributed by atoms with E-state index in [-0.39, 0.29) is 5.91 Å². The van der Waals surface area contributed by atoms with Crippen LogP contribution < -0.4 is 10.3 Å². The molecule has 0 unspecified atom stereocenters. The number of pyridine rings is 1. The van der Waals surface area contributed by atoms with Gasteiger partial charge in [-0.15, -0.1) is 11.8 Å². The van der Waals surface area contributed by atoms with E-state index in [1.807, 2.05) is 37.3 Å². The zero-order valence-electron chi connectivity index (χ0n) is 17.8. The predicted molar refractivity (Wildman–Crippen MR) is 127 cm³/mol. The number of hydrogen-bond acceptors (Lipinski definition) is 6. The average Bonchev–Trinajstić information content (AvgIpc) is 2.79. The second kappa shape index (κ2) is 9.94. The Kier molecular flexibility index (Phi) is 6.84. The lowest BCUT2D eigenvalue weighted by Gasteiger charge is -2.28. The van der Waals surface area contributed by atoms with Crippen LogP contribution in [0.25, 0.3) is 10.9 Å². The van der Waals surface area contributed by atoms with Gasteiger partial charge in [-0.3, -0.25) is 9.78 Å². The highest BCUT2D eigenvalue weighted by Crippen LogP contribution is 2.29. The van der Waals surface area contributed by atoms with Gasteiger partial charge in [0, 0.05) is 34.8 Å². The summed E-state index contributed by atoms with van der Waals surface area (Å²) in [6, 6.07) is 16.3. The van der Waals surface area contributed by atoms with Gasteiger partial charge in [0.25, 0.3) is 0 Å². The number of nitrogens with zero attached hydrogens (tertiary/aromatic N) is 3. The molecule has 7 heteroatoms. The number of ether oxygens (including phenoxy) is 1. The molecule has 0 atom stereocenters. The van der Waals surface area contributed by atoms with E-state index in [2.05, 4.69) is 45.5 Å². The molecule has 1 fully saturated rings. The van der Waals surface area contributed by atoms with Gasteiger partial charge in [-0.2, -0.15) is 5.10 Å². The molecule has 3 aromatic rings. The molecule has 0 aliphatic carbocycles. The van der Waals surface area contributed by atoms with Crippen molar-refractivity contribution in [3.63, 3.8) is 0 Å². The minimum Gasteiger partial charge on any atom is -0.378 e. The molecule has 1 N–H and O–H groups in total. The number of hydrogen-bond donors (Lipinski definition) is 1. The lowest BCUT2D eigenvalue weighted by molar-refractivity contribution is -0.118. The van der Waals surface area contributed by atoms with E-state index in [4.69, 9.17) is 4.74 Å². The first kappa shape index (κ1) is 21.3. The summed E-state index contributed by atoms with van der Waals surface area (Å²) in [6.45, 7) is 7.38. The Bertz CT molecular complexity index is 1090. The summed E-state index contributed by atoms with van der Waals surface area (Å²) >= 11 is 1.50. The Hall–Kier alpha value is -2.90. The van der Waals surface area contributed by atoms with Gasteiger partial charge in [0.05, 0.1) is 30.7 Å². The maximum Gasteiger partial charge on any atom is 0.250 e. The lowest BCUT2D eigenvalue weighted by Crippen LogP contribution is -2.36. The van der Waals surface area contributed by atoms with Crippen molar-refractivity contribution < 1.29 is 9.53 Å². The normalized spacial score (nSPS) is 14.3. The van der Waals surface area contributed by atoms with Crippen LogP contribution in [0.5, 0.6) is 0 Å². The second-order valence-electron chi connectivity index (χ2n) is 7.51. The standard InChI is InChI=1S/C24H26N4O2S/c1-17-4-3-5-21-22(14-18(2)26-24(17)21)31-16-23(29)27-25-15-19-6-8-20(9-7-19)28-10-12-30-13-11-28/h3-9,14-15H,10-13,16H2,1-2H3,(H,27,29)/b25-15-. The molecule has 2 heterocycles. The number of morpholine rings is 1. The zero-order valence-corrected chi connectivity index (χ0v) is 18.6. The van der Waals surface area contributed by atoms with Gasteiger partial charge in [0.1, 0.15) is 0 Å². The molecule has 1 saturated heterocycles. The Labute approximate surface area is 186 Å². The number of aromatic nitrogens is 1. The van der Waals surface area contributed by atoms with Crippen LogP contribution in [0, 0.1) is 13.8 Å². The van der Waals surface area contributed by atoms with Gasteiger partial charge >= 0.3 is 0 Å². The molecule has 0 radical (unpaired) electrons. The molecule has 1 aliphatic heterocycles. The molecule has 0 saturated carbocycles. The molecule has 31 heavy (non-hydrogen) atoms. The highest BCUT2D eigenvalue weighted by atomic mass is 32.2. The van der Waals surface area contributed by atoms with Crippen molar-refractivity contribution in [1.29, 1.82) is 0 Å². The van der Waals surface area contributed by atoms with Crippen molar-refractivity contribution in [1.82, 2.24) is 10.4 Å². The molecule has 0 bridgehead atoms. The largest absolute Gasteiger partial charge is 0.378 e. The number of fused-ring (bicyclic) bond motifs is 1. The van der Waals surface area contributed by atoms with E-state index in [1.165, 1.54) is 17.4 Å². The van der Waals surface area contributed by atoms with Crippen molar-refractivity contribution >= 4 is 40.5 Å².